The van der Waals surface area contributed by atoms with E-state index in [1.807, 2.05) is 6.07 Å². The van der Waals surface area contributed by atoms with Crippen molar-refractivity contribution in [2.24, 2.45) is 5.92 Å². The Labute approximate surface area is 101 Å². The largest absolute Gasteiger partial charge is 0.508 e. The monoisotopic (exact) mass is 232 g/mol. The molecule has 3 nitrogen and oxygen atoms in total. The molecule has 0 unspecified atom stereocenters. The molecule has 1 aromatic rings. The van der Waals surface area contributed by atoms with Gasteiger partial charge in [0.1, 0.15) is 5.75 Å². The SMILES string of the molecule is COC(=O)/C=C(/c1cccc(O)c1)C1CCC1. The number of carbonyl (C=O) groups excluding carboxylic acids is 1. The van der Waals surface area contributed by atoms with Crippen molar-refractivity contribution in [1.29, 1.82) is 0 Å². The Morgan fingerprint density at radius 3 is 2.76 bits per heavy atom. The number of ether oxygens (including phenoxy) is 1. The first-order valence-corrected chi connectivity index (χ1v) is 5.79. The summed E-state index contributed by atoms with van der Waals surface area (Å²) in [5, 5.41) is 9.48. The molecule has 0 bridgehead atoms. The van der Waals surface area contributed by atoms with Gasteiger partial charge in [0.2, 0.25) is 0 Å². The van der Waals surface area contributed by atoms with E-state index in [4.69, 9.17) is 0 Å². The van der Waals surface area contributed by atoms with Crippen molar-refractivity contribution in [3.8, 4) is 5.75 Å². The van der Waals surface area contributed by atoms with Crippen LogP contribution in [-0.2, 0) is 9.53 Å². The summed E-state index contributed by atoms with van der Waals surface area (Å²) in [7, 11) is 1.37. The number of carbonyl (C=O) groups is 1. The first kappa shape index (κ1) is 11.7. The number of phenolic OH excluding ortho intramolecular Hbond substituents is 1. The molecule has 0 heterocycles. The lowest BCUT2D eigenvalue weighted by Crippen LogP contribution is -2.14. The zero-order valence-electron chi connectivity index (χ0n) is 9.85. The van der Waals surface area contributed by atoms with Crippen molar-refractivity contribution in [3.05, 3.63) is 35.9 Å². The molecule has 17 heavy (non-hydrogen) atoms. The molecule has 0 spiro atoms. The Hall–Kier alpha value is -1.77. The highest BCUT2D eigenvalue weighted by molar-refractivity contribution is 5.92. The van der Waals surface area contributed by atoms with Crippen molar-refractivity contribution in [3.63, 3.8) is 0 Å². The Morgan fingerprint density at radius 1 is 1.47 bits per heavy atom. The highest BCUT2D eigenvalue weighted by Gasteiger charge is 2.24. The van der Waals surface area contributed by atoms with Crippen LogP contribution < -0.4 is 0 Å². The Kier molecular flexibility index (Phi) is 3.47. The van der Waals surface area contributed by atoms with Crippen LogP contribution in [-0.4, -0.2) is 18.2 Å². The van der Waals surface area contributed by atoms with Crippen LogP contribution in [0.15, 0.2) is 30.3 Å². The number of hydrogen-bond acceptors (Lipinski definition) is 3. The van der Waals surface area contributed by atoms with Crippen LogP contribution in [0, 0.1) is 5.92 Å². The van der Waals surface area contributed by atoms with Gasteiger partial charge in [-0.2, -0.15) is 0 Å². The van der Waals surface area contributed by atoms with Gasteiger partial charge < -0.3 is 9.84 Å². The van der Waals surface area contributed by atoms with Crippen LogP contribution in [0.3, 0.4) is 0 Å². The van der Waals surface area contributed by atoms with Gasteiger partial charge in [0.25, 0.3) is 0 Å². The summed E-state index contributed by atoms with van der Waals surface area (Å²) < 4.78 is 4.67. The second-order valence-electron chi connectivity index (χ2n) is 4.30. The Balaban J connectivity index is 2.32. The summed E-state index contributed by atoms with van der Waals surface area (Å²) in [5.41, 5.74) is 1.87. The summed E-state index contributed by atoms with van der Waals surface area (Å²) in [6.07, 6.45) is 4.93. The van der Waals surface area contributed by atoms with E-state index in [0.29, 0.717) is 5.92 Å². The van der Waals surface area contributed by atoms with Crippen LogP contribution in [0.2, 0.25) is 0 Å². The molecule has 2 rings (SSSR count). The van der Waals surface area contributed by atoms with Gasteiger partial charge in [0.15, 0.2) is 0 Å². The number of methoxy groups -OCH3 is 1. The fourth-order valence-electron chi connectivity index (χ4n) is 2.03. The summed E-state index contributed by atoms with van der Waals surface area (Å²) in [6, 6.07) is 7.01. The average Bonchev–Trinajstić information content (AvgIpc) is 2.25. The molecule has 0 saturated heterocycles. The third kappa shape index (κ3) is 2.67. The van der Waals surface area contributed by atoms with Gasteiger partial charge in [-0.25, -0.2) is 4.79 Å². The van der Waals surface area contributed by atoms with E-state index in [1.165, 1.54) is 13.5 Å². The zero-order valence-corrected chi connectivity index (χ0v) is 9.85. The predicted molar refractivity (Wildman–Crippen MR) is 65.4 cm³/mol. The Bertz CT molecular complexity index is 445. The third-order valence-electron chi connectivity index (χ3n) is 3.20. The number of aromatic hydroxyl groups is 1. The van der Waals surface area contributed by atoms with Gasteiger partial charge in [-0.1, -0.05) is 18.6 Å². The van der Waals surface area contributed by atoms with Crippen molar-refractivity contribution in [1.82, 2.24) is 0 Å². The lowest BCUT2D eigenvalue weighted by atomic mass is 9.77. The number of esters is 1. The molecular weight excluding hydrogens is 216 g/mol. The smallest absolute Gasteiger partial charge is 0.330 e. The van der Waals surface area contributed by atoms with E-state index in [0.717, 1.165) is 24.0 Å². The second kappa shape index (κ2) is 5.04. The van der Waals surface area contributed by atoms with Gasteiger partial charge in [0.05, 0.1) is 7.11 Å². The van der Waals surface area contributed by atoms with Gasteiger partial charge >= 0.3 is 5.97 Å². The summed E-state index contributed by atoms with van der Waals surface area (Å²) >= 11 is 0. The van der Waals surface area contributed by atoms with Crippen LogP contribution >= 0.6 is 0 Å². The molecule has 3 heteroatoms. The standard InChI is InChI=1S/C14H16O3/c1-17-14(16)9-13(10-4-2-5-10)11-6-3-7-12(15)8-11/h3,6-10,15H,2,4-5H2,1H3/b13-9+. The van der Waals surface area contributed by atoms with Gasteiger partial charge in [0, 0.05) is 6.08 Å². The molecule has 1 aromatic carbocycles. The number of phenols is 1. The molecule has 0 atom stereocenters. The summed E-state index contributed by atoms with van der Waals surface area (Å²) in [5.74, 6) is 0.295. The van der Waals surface area contributed by atoms with Crippen LogP contribution in [0.1, 0.15) is 24.8 Å². The highest BCUT2D eigenvalue weighted by atomic mass is 16.5. The zero-order chi connectivity index (χ0) is 12.3. The Morgan fingerprint density at radius 2 is 2.24 bits per heavy atom. The molecule has 1 saturated carbocycles. The molecule has 0 aromatic heterocycles. The fourth-order valence-corrected chi connectivity index (χ4v) is 2.03. The van der Waals surface area contributed by atoms with E-state index in [9.17, 15) is 9.90 Å². The number of hydrogen-bond donors (Lipinski definition) is 1. The maximum atomic E-state index is 11.4. The minimum Gasteiger partial charge on any atom is -0.508 e. The highest BCUT2D eigenvalue weighted by Crippen LogP contribution is 2.39. The maximum Gasteiger partial charge on any atom is 0.330 e. The number of allylic oxidation sites excluding steroid dienone is 1. The maximum absolute atomic E-state index is 11.4. The van der Waals surface area contributed by atoms with Gasteiger partial charge in [-0.15, -0.1) is 0 Å². The van der Waals surface area contributed by atoms with Crippen molar-refractivity contribution in [2.45, 2.75) is 19.3 Å². The van der Waals surface area contributed by atoms with Crippen molar-refractivity contribution in [2.75, 3.05) is 7.11 Å². The lowest BCUT2D eigenvalue weighted by molar-refractivity contribution is -0.134. The van der Waals surface area contributed by atoms with E-state index in [1.54, 1.807) is 24.3 Å². The summed E-state index contributed by atoms with van der Waals surface area (Å²) in [4.78, 5) is 11.4. The quantitative estimate of drug-likeness (QED) is 0.644. The fraction of sp³-hybridized carbons (Fsp3) is 0.357. The first-order chi connectivity index (χ1) is 8.20. The summed E-state index contributed by atoms with van der Waals surface area (Å²) in [6.45, 7) is 0. The normalized spacial score (nSPS) is 16.4. The number of rotatable bonds is 3. The average molecular weight is 232 g/mol. The molecule has 0 amide bonds. The van der Waals surface area contributed by atoms with E-state index >= 15 is 0 Å². The van der Waals surface area contributed by atoms with E-state index < -0.39 is 0 Å². The van der Waals surface area contributed by atoms with Crippen LogP contribution in [0.5, 0.6) is 5.75 Å². The van der Waals surface area contributed by atoms with Crippen molar-refractivity contribution >= 4 is 11.5 Å². The molecule has 1 aliphatic rings. The van der Waals surface area contributed by atoms with Crippen LogP contribution in [0.25, 0.3) is 5.57 Å². The topological polar surface area (TPSA) is 46.5 Å². The molecule has 90 valence electrons. The molecular formula is C14H16O3. The van der Waals surface area contributed by atoms with E-state index in [-0.39, 0.29) is 11.7 Å². The lowest BCUT2D eigenvalue weighted by Gasteiger charge is -2.28. The number of benzene rings is 1. The molecule has 1 aliphatic carbocycles. The molecule has 0 radical (unpaired) electrons. The van der Waals surface area contributed by atoms with Crippen LogP contribution in [0.4, 0.5) is 0 Å². The molecule has 0 aliphatic heterocycles. The minimum atomic E-state index is -0.338. The van der Waals surface area contributed by atoms with Crippen molar-refractivity contribution < 1.29 is 14.6 Å². The van der Waals surface area contributed by atoms with E-state index in [2.05, 4.69) is 4.74 Å². The predicted octanol–water partition coefficient (Wildman–Crippen LogP) is 2.75. The van der Waals surface area contributed by atoms with Gasteiger partial charge in [-0.3, -0.25) is 0 Å². The molecule has 1 fully saturated rings. The second-order valence-corrected chi connectivity index (χ2v) is 4.30. The first-order valence-electron chi connectivity index (χ1n) is 5.79. The molecule has 1 N–H and O–H groups in total. The van der Waals surface area contributed by atoms with Gasteiger partial charge in [-0.05, 0) is 42.0 Å². The minimum absolute atomic E-state index is 0.220. The third-order valence-corrected chi connectivity index (χ3v) is 3.20.